The van der Waals surface area contributed by atoms with Gasteiger partial charge in [0.1, 0.15) is 6.73 Å². The molecule has 9 nitrogen and oxygen atoms in total. The predicted octanol–water partition coefficient (Wildman–Crippen LogP) is -1.11. The maximum atomic E-state index is 11.6. The summed E-state index contributed by atoms with van der Waals surface area (Å²) in [5, 5.41) is 0. The van der Waals surface area contributed by atoms with Crippen LogP contribution in [0.5, 0.6) is 0 Å². The molecule has 0 fully saturated rings. The fraction of sp³-hybridized carbons (Fsp3) is 0.556. The number of nitrogens with zero attached hydrogens (tertiary/aromatic N) is 2. The smallest absolute Gasteiger partial charge is 0.351 e. The van der Waals surface area contributed by atoms with E-state index in [0.717, 1.165) is 4.57 Å². The topological polar surface area (TPSA) is 118 Å². The first-order valence-electron chi connectivity index (χ1n) is 5.47. The molecule has 1 atom stereocenters. The van der Waals surface area contributed by atoms with Crippen molar-refractivity contribution in [2.24, 2.45) is 0 Å². The van der Waals surface area contributed by atoms with Gasteiger partial charge in [-0.15, -0.1) is 0 Å². The zero-order valence-corrected chi connectivity index (χ0v) is 12.7. The van der Waals surface area contributed by atoms with E-state index < -0.39 is 18.0 Å². The normalized spacial score (nSPS) is 14.2. The molecule has 11 heteroatoms. The van der Waals surface area contributed by atoms with E-state index in [1.807, 2.05) is 0 Å². The third-order valence-electron chi connectivity index (χ3n) is 2.30. The van der Waals surface area contributed by atoms with E-state index in [1.165, 1.54) is 20.2 Å². The summed E-state index contributed by atoms with van der Waals surface area (Å²) in [6, 6.07) is 0. The van der Waals surface area contributed by atoms with Crippen molar-refractivity contribution in [3.8, 4) is 0 Å². The van der Waals surface area contributed by atoms with Crippen LogP contribution in [0.3, 0.4) is 0 Å². The van der Waals surface area contributed by atoms with Crippen molar-refractivity contribution in [1.29, 1.82) is 0 Å². The number of nitrogens with two attached hydrogens (primary N) is 1. The summed E-state index contributed by atoms with van der Waals surface area (Å²) in [7, 11) is 1.24. The van der Waals surface area contributed by atoms with Crippen LogP contribution < -0.4 is 17.1 Å². The molecule has 3 N–H and O–H groups in total. The van der Waals surface area contributed by atoms with Gasteiger partial charge in [0.15, 0.2) is 0 Å². The number of aromatic nitrogens is 2. The highest BCUT2D eigenvalue weighted by atomic mass is 32.5. The Balaban J connectivity index is 2.54. The highest BCUT2D eigenvalue weighted by Crippen LogP contribution is 2.41. The lowest BCUT2D eigenvalue weighted by atomic mass is 10.4. The molecule has 0 bridgehead atoms. The molecule has 0 aliphatic rings. The first-order valence-corrected chi connectivity index (χ1v) is 8.06. The van der Waals surface area contributed by atoms with Gasteiger partial charge in [0.2, 0.25) is 0 Å². The molecule has 0 radical (unpaired) electrons. The molecule has 0 aliphatic heterocycles. The summed E-state index contributed by atoms with van der Waals surface area (Å²) < 4.78 is 16.3. The lowest BCUT2D eigenvalue weighted by Gasteiger charge is -2.13. The lowest BCUT2D eigenvalue weighted by molar-refractivity contribution is 0.0464. The van der Waals surface area contributed by atoms with Gasteiger partial charge in [-0.25, -0.2) is 4.79 Å². The van der Waals surface area contributed by atoms with Crippen LogP contribution in [0.1, 0.15) is 5.56 Å². The number of hydrogen-bond donors (Lipinski definition) is 2. The molecule has 1 aromatic rings. The molecular weight excluding hydrogens is 309 g/mol. The molecule has 1 heterocycles. The highest BCUT2D eigenvalue weighted by molar-refractivity contribution is 8.07. The number of ether oxygens (including phenoxy) is 1. The van der Waals surface area contributed by atoms with Crippen molar-refractivity contribution in [3.63, 3.8) is 0 Å². The summed E-state index contributed by atoms with van der Waals surface area (Å²) in [4.78, 5) is 32.3. The van der Waals surface area contributed by atoms with Crippen molar-refractivity contribution < 1.29 is 18.7 Å². The van der Waals surface area contributed by atoms with Crippen LogP contribution in [0.2, 0.25) is 0 Å². The van der Waals surface area contributed by atoms with Crippen LogP contribution in [0.25, 0.3) is 0 Å². The monoisotopic (exact) mass is 325 g/mol. The minimum Gasteiger partial charge on any atom is -0.358 e. The second-order valence-corrected chi connectivity index (χ2v) is 6.71. The third-order valence-corrected chi connectivity index (χ3v) is 4.03. The maximum absolute atomic E-state index is 11.6. The van der Waals surface area contributed by atoms with Gasteiger partial charge in [0.05, 0.1) is 13.2 Å². The van der Waals surface area contributed by atoms with E-state index in [0.29, 0.717) is 10.2 Å². The second-order valence-electron chi connectivity index (χ2n) is 3.76. The third kappa shape index (κ3) is 4.51. The van der Waals surface area contributed by atoms with Gasteiger partial charge in [0.25, 0.3) is 5.56 Å². The van der Waals surface area contributed by atoms with E-state index in [2.05, 4.69) is 16.3 Å². The van der Waals surface area contributed by atoms with Gasteiger partial charge >= 0.3 is 12.4 Å². The number of rotatable bonds is 7. The Hall–Kier alpha value is -1.03. The SMILES string of the molecule is COP(O)(=S)OCCOCn1cc(C)c(=O)n(N)c1=O. The molecule has 1 aromatic heterocycles. The maximum Gasteiger partial charge on any atom is 0.351 e. The predicted molar refractivity (Wildman–Crippen MR) is 75.3 cm³/mol. The second kappa shape index (κ2) is 7.11. The van der Waals surface area contributed by atoms with Crippen LogP contribution in [0, 0.1) is 6.92 Å². The minimum absolute atomic E-state index is 0.0115. The zero-order chi connectivity index (χ0) is 15.3. The highest BCUT2D eigenvalue weighted by Gasteiger charge is 2.11. The van der Waals surface area contributed by atoms with Gasteiger partial charge < -0.3 is 24.5 Å². The number of hydrogen-bond acceptors (Lipinski definition) is 7. The molecule has 0 spiro atoms. The van der Waals surface area contributed by atoms with Crippen LogP contribution in [0.15, 0.2) is 15.8 Å². The average molecular weight is 325 g/mol. The van der Waals surface area contributed by atoms with Crippen LogP contribution in [0.4, 0.5) is 0 Å². The van der Waals surface area contributed by atoms with Gasteiger partial charge in [-0.05, 0) is 18.7 Å². The average Bonchev–Trinajstić information content (AvgIpc) is 2.41. The standard InChI is InChI=1S/C9H16N3O6PS/c1-7-5-11(9(14)12(10)8(7)13)6-17-3-4-18-19(15,20)16-2/h5H,3-4,6,10H2,1-2H3,(H,15,20). The lowest BCUT2D eigenvalue weighted by Crippen LogP contribution is -2.45. The quantitative estimate of drug-likeness (QED) is 0.368. The Morgan fingerprint density at radius 2 is 2.10 bits per heavy atom. The Bertz CT molecular complexity index is 627. The van der Waals surface area contributed by atoms with E-state index in [-0.39, 0.29) is 19.9 Å². The molecular formula is C9H16N3O6PS. The fourth-order valence-electron chi connectivity index (χ4n) is 1.28. The van der Waals surface area contributed by atoms with Crippen molar-refractivity contribution >= 4 is 18.5 Å². The minimum atomic E-state index is -3.20. The van der Waals surface area contributed by atoms with Gasteiger partial charge in [0, 0.05) is 18.9 Å². The largest absolute Gasteiger partial charge is 0.358 e. The zero-order valence-electron chi connectivity index (χ0n) is 11.0. The number of aryl methyl sites for hydroxylation is 1. The van der Waals surface area contributed by atoms with Crippen molar-refractivity contribution in [2.45, 2.75) is 13.7 Å². The molecule has 0 aliphatic carbocycles. The fourth-order valence-corrected chi connectivity index (χ4v) is 1.91. The van der Waals surface area contributed by atoms with E-state index in [1.54, 1.807) is 0 Å². The number of nitrogen functional groups attached to an aromatic ring is 1. The molecule has 0 saturated carbocycles. The summed E-state index contributed by atoms with van der Waals surface area (Å²) in [5.74, 6) is 5.32. The van der Waals surface area contributed by atoms with Gasteiger partial charge in [-0.3, -0.25) is 9.36 Å². The summed E-state index contributed by atoms with van der Waals surface area (Å²) in [6.45, 7) is -1.68. The Labute approximate surface area is 119 Å². The molecule has 114 valence electrons. The molecule has 1 unspecified atom stereocenters. The van der Waals surface area contributed by atoms with E-state index in [4.69, 9.17) is 15.1 Å². The van der Waals surface area contributed by atoms with Crippen LogP contribution in [-0.4, -0.2) is 34.5 Å². The molecule has 0 saturated heterocycles. The molecule has 0 aromatic carbocycles. The summed E-state index contributed by atoms with van der Waals surface area (Å²) >= 11 is 4.61. The van der Waals surface area contributed by atoms with Gasteiger partial charge in [-0.2, -0.15) is 4.68 Å². The summed E-state index contributed by atoms with van der Waals surface area (Å²) in [6.07, 6.45) is 1.35. The first-order chi connectivity index (χ1) is 9.28. The molecule has 20 heavy (non-hydrogen) atoms. The Morgan fingerprint density at radius 3 is 2.70 bits per heavy atom. The van der Waals surface area contributed by atoms with Crippen LogP contribution >= 0.6 is 6.72 Å². The van der Waals surface area contributed by atoms with Crippen LogP contribution in [-0.2, 0) is 32.3 Å². The van der Waals surface area contributed by atoms with Gasteiger partial charge in [-0.1, -0.05) is 0 Å². The van der Waals surface area contributed by atoms with Crippen molar-refractivity contribution in [1.82, 2.24) is 9.24 Å². The Morgan fingerprint density at radius 1 is 1.45 bits per heavy atom. The first kappa shape index (κ1) is 17.0. The van der Waals surface area contributed by atoms with E-state index in [9.17, 15) is 14.5 Å². The molecule has 1 rings (SSSR count). The Kier molecular flexibility index (Phi) is 6.06. The van der Waals surface area contributed by atoms with E-state index >= 15 is 0 Å². The van der Waals surface area contributed by atoms with Crippen molar-refractivity contribution in [3.05, 3.63) is 32.6 Å². The molecule has 0 amide bonds. The summed E-state index contributed by atoms with van der Waals surface area (Å²) in [5.41, 5.74) is -0.932. The van der Waals surface area contributed by atoms with Crippen molar-refractivity contribution in [2.75, 3.05) is 26.2 Å².